The summed E-state index contributed by atoms with van der Waals surface area (Å²) in [6.07, 6.45) is 1.69. The molecular weight excluding hydrogens is 381 g/mol. The lowest BCUT2D eigenvalue weighted by molar-refractivity contribution is -0.153. The molecule has 0 saturated carbocycles. The highest BCUT2D eigenvalue weighted by atomic mass is 19.4. The standard InChI is InChI=1S/C23H29F3O3/c1-14(2)18-11-19(15(3)4)22(29-13-23(24,25)26)20(12-18)17(6)9-7-8-16(5)10-21(27)28/h7-12,14-15H,13H2,1-6H3,(H,27,28)/b8-7+,16-10+,17-9-. The van der Waals surface area contributed by atoms with E-state index >= 15 is 0 Å². The van der Waals surface area contributed by atoms with Gasteiger partial charge in [-0.1, -0.05) is 52.0 Å². The summed E-state index contributed by atoms with van der Waals surface area (Å²) in [6, 6.07) is 3.77. The maximum atomic E-state index is 12.8. The maximum absolute atomic E-state index is 12.8. The van der Waals surface area contributed by atoms with Crippen molar-refractivity contribution in [3.05, 3.63) is 58.7 Å². The molecule has 0 bridgehead atoms. The molecule has 0 amide bonds. The van der Waals surface area contributed by atoms with Crippen LogP contribution < -0.4 is 4.74 Å². The minimum atomic E-state index is -4.43. The number of ether oxygens (including phenoxy) is 1. The molecule has 3 nitrogen and oxygen atoms in total. The molecule has 0 fully saturated rings. The molecule has 0 spiro atoms. The second-order valence-corrected chi connectivity index (χ2v) is 7.64. The zero-order chi connectivity index (χ0) is 22.4. The molecule has 1 N–H and O–H groups in total. The molecule has 0 heterocycles. The Labute approximate surface area is 170 Å². The van der Waals surface area contributed by atoms with Gasteiger partial charge in [0, 0.05) is 11.6 Å². The maximum Gasteiger partial charge on any atom is 0.422 e. The smallest absolute Gasteiger partial charge is 0.422 e. The first-order valence-electron chi connectivity index (χ1n) is 9.45. The molecule has 0 aliphatic heterocycles. The molecule has 0 aliphatic rings. The minimum Gasteiger partial charge on any atom is -0.483 e. The predicted molar refractivity (Wildman–Crippen MR) is 110 cm³/mol. The van der Waals surface area contributed by atoms with Gasteiger partial charge in [0.05, 0.1) is 0 Å². The quantitative estimate of drug-likeness (QED) is 0.376. The summed E-state index contributed by atoms with van der Waals surface area (Å²) in [5.74, 6) is -0.615. The third-order valence-corrected chi connectivity index (χ3v) is 4.29. The van der Waals surface area contributed by atoms with Crippen LogP contribution >= 0.6 is 0 Å². The van der Waals surface area contributed by atoms with E-state index in [9.17, 15) is 18.0 Å². The highest BCUT2D eigenvalue weighted by molar-refractivity contribution is 5.81. The minimum absolute atomic E-state index is 0.0141. The molecule has 160 valence electrons. The molecule has 0 atom stereocenters. The van der Waals surface area contributed by atoms with Gasteiger partial charge < -0.3 is 9.84 Å². The number of benzene rings is 1. The summed E-state index contributed by atoms with van der Waals surface area (Å²) in [5, 5.41) is 8.76. The monoisotopic (exact) mass is 410 g/mol. The summed E-state index contributed by atoms with van der Waals surface area (Å²) in [4.78, 5) is 10.7. The molecule has 0 radical (unpaired) electrons. The lowest BCUT2D eigenvalue weighted by atomic mass is 9.89. The van der Waals surface area contributed by atoms with Gasteiger partial charge in [-0.3, -0.25) is 0 Å². The number of rotatable bonds is 8. The Hall–Kier alpha value is -2.50. The van der Waals surface area contributed by atoms with Crippen molar-refractivity contribution in [3.8, 4) is 5.75 Å². The van der Waals surface area contributed by atoms with E-state index in [1.165, 1.54) is 0 Å². The van der Waals surface area contributed by atoms with Crippen molar-refractivity contribution in [2.45, 2.75) is 59.6 Å². The Kier molecular flexibility index (Phi) is 8.74. The first-order valence-corrected chi connectivity index (χ1v) is 9.45. The van der Waals surface area contributed by atoms with Crippen molar-refractivity contribution in [1.82, 2.24) is 0 Å². The second-order valence-electron chi connectivity index (χ2n) is 7.64. The molecule has 6 heteroatoms. The summed E-state index contributed by atoms with van der Waals surface area (Å²) in [6.45, 7) is 9.99. The van der Waals surface area contributed by atoms with Gasteiger partial charge in [-0.05, 0) is 54.0 Å². The lowest BCUT2D eigenvalue weighted by Gasteiger charge is -2.22. The number of hydrogen-bond acceptors (Lipinski definition) is 2. The molecule has 0 unspecified atom stereocenters. The van der Waals surface area contributed by atoms with E-state index in [2.05, 4.69) is 0 Å². The summed E-state index contributed by atoms with van der Waals surface area (Å²) < 4.78 is 43.7. The molecule has 29 heavy (non-hydrogen) atoms. The van der Waals surface area contributed by atoms with Crippen molar-refractivity contribution in [3.63, 3.8) is 0 Å². The molecule has 0 aliphatic carbocycles. The third kappa shape index (κ3) is 8.18. The SMILES string of the molecule is C/C(=C/C=C/C(C)=C/C(=O)O)c1cc(C(C)C)cc(C(C)C)c1OCC(F)(F)F. The van der Waals surface area contributed by atoms with E-state index in [1.807, 2.05) is 39.8 Å². The second kappa shape index (κ2) is 10.3. The van der Waals surface area contributed by atoms with Crippen LogP contribution in [0.1, 0.15) is 70.1 Å². The largest absolute Gasteiger partial charge is 0.483 e. The summed E-state index contributed by atoms with van der Waals surface area (Å²) >= 11 is 0. The van der Waals surface area contributed by atoms with Gasteiger partial charge in [0.25, 0.3) is 0 Å². The zero-order valence-corrected chi connectivity index (χ0v) is 17.7. The van der Waals surface area contributed by atoms with Crippen molar-refractivity contribution < 1.29 is 27.8 Å². The third-order valence-electron chi connectivity index (χ3n) is 4.29. The number of alkyl halides is 3. The van der Waals surface area contributed by atoms with Gasteiger partial charge in [0.1, 0.15) is 5.75 Å². The van der Waals surface area contributed by atoms with Crippen LogP contribution in [0.15, 0.2) is 42.0 Å². The number of allylic oxidation sites excluding steroid dienone is 5. The molecule has 1 aromatic carbocycles. The van der Waals surface area contributed by atoms with Crippen LogP contribution in [0, 0.1) is 0 Å². The molecule has 0 aromatic heterocycles. The number of carboxylic acid groups (broad SMARTS) is 1. The van der Waals surface area contributed by atoms with Crippen LogP contribution in [-0.4, -0.2) is 23.9 Å². The van der Waals surface area contributed by atoms with Gasteiger partial charge >= 0.3 is 12.1 Å². The number of halogens is 3. The Morgan fingerprint density at radius 1 is 1.14 bits per heavy atom. The number of aliphatic carboxylic acids is 1. The van der Waals surface area contributed by atoms with Crippen molar-refractivity contribution in [2.75, 3.05) is 6.61 Å². The first-order chi connectivity index (χ1) is 13.3. The lowest BCUT2D eigenvalue weighted by Crippen LogP contribution is -2.20. The predicted octanol–water partition coefficient (Wildman–Crippen LogP) is 6.86. The summed E-state index contributed by atoms with van der Waals surface area (Å²) in [7, 11) is 0. The normalized spacial score (nSPS) is 13.6. The van der Waals surface area contributed by atoms with Crippen LogP contribution in [0.25, 0.3) is 5.57 Å². The molecule has 1 rings (SSSR count). The summed E-state index contributed by atoms with van der Waals surface area (Å²) in [5.41, 5.74) is 3.63. The van der Waals surface area contributed by atoms with Crippen molar-refractivity contribution >= 4 is 11.5 Å². The highest BCUT2D eigenvalue weighted by Gasteiger charge is 2.30. The Morgan fingerprint density at radius 2 is 1.76 bits per heavy atom. The number of hydrogen-bond donors (Lipinski definition) is 1. The average Bonchev–Trinajstić information content (AvgIpc) is 2.57. The van der Waals surface area contributed by atoms with Crippen LogP contribution in [0.2, 0.25) is 0 Å². The zero-order valence-electron chi connectivity index (χ0n) is 17.7. The van der Waals surface area contributed by atoms with E-state index in [0.29, 0.717) is 11.1 Å². The van der Waals surface area contributed by atoms with E-state index in [0.717, 1.165) is 22.8 Å². The van der Waals surface area contributed by atoms with Crippen molar-refractivity contribution in [2.24, 2.45) is 0 Å². The van der Waals surface area contributed by atoms with Crippen molar-refractivity contribution in [1.29, 1.82) is 0 Å². The fourth-order valence-corrected chi connectivity index (χ4v) is 2.72. The fraction of sp³-hybridized carbons (Fsp3) is 0.435. The molecular formula is C23H29F3O3. The number of carbonyl (C=O) groups is 1. The van der Waals surface area contributed by atoms with Crippen LogP contribution in [0.3, 0.4) is 0 Å². The van der Waals surface area contributed by atoms with Gasteiger partial charge in [-0.2, -0.15) is 13.2 Å². The average molecular weight is 410 g/mol. The van der Waals surface area contributed by atoms with Crippen LogP contribution in [0.4, 0.5) is 13.2 Å². The van der Waals surface area contributed by atoms with Crippen LogP contribution in [0.5, 0.6) is 5.75 Å². The van der Waals surface area contributed by atoms with Gasteiger partial charge in [0.2, 0.25) is 0 Å². The van der Waals surface area contributed by atoms with Gasteiger partial charge in [0.15, 0.2) is 6.61 Å². The van der Waals surface area contributed by atoms with Crippen LogP contribution in [-0.2, 0) is 4.79 Å². The topological polar surface area (TPSA) is 46.5 Å². The Bertz CT molecular complexity index is 813. The fourth-order valence-electron chi connectivity index (χ4n) is 2.72. The van der Waals surface area contributed by atoms with E-state index in [-0.39, 0.29) is 17.6 Å². The Balaban J connectivity index is 3.48. The van der Waals surface area contributed by atoms with Gasteiger partial charge in [-0.25, -0.2) is 4.79 Å². The van der Waals surface area contributed by atoms with Gasteiger partial charge in [-0.15, -0.1) is 0 Å². The van der Waals surface area contributed by atoms with E-state index < -0.39 is 18.8 Å². The Morgan fingerprint density at radius 3 is 2.24 bits per heavy atom. The van der Waals surface area contributed by atoms with E-state index in [1.54, 1.807) is 32.1 Å². The molecule has 0 saturated heterocycles. The number of carboxylic acids is 1. The molecule has 1 aromatic rings. The van der Waals surface area contributed by atoms with E-state index in [4.69, 9.17) is 9.84 Å². The first kappa shape index (κ1) is 24.5. The highest BCUT2D eigenvalue weighted by Crippen LogP contribution is 2.38.